The predicted molar refractivity (Wildman–Crippen MR) is 175 cm³/mol. The molecule has 7 atom stereocenters. The smallest absolute Gasteiger partial charge is 0.405 e. The summed E-state index contributed by atoms with van der Waals surface area (Å²) >= 11 is 0. The molecule has 0 spiro atoms. The maximum atomic E-state index is 13.8. The van der Waals surface area contributed by atoms with Crippen LogP contribution in [-0.4, -0.2) is 100 Å². The maximum Gasteiger partial charge on any atom is 0.405 e. The zero-order valence-corrected chi connectivity index (χ0v) is 28.7. The number of nitrogens with zero attached hydrogens (tertiary/aromatic N) is 1. The van der Waals surface area contributed by atoms with E-state index in [0.717, 1.165) is 6.08 Å². The lowest BCUT2D eigenvalue weighted by atomic mass is 9.85. The van der Waals surface area contributed by atoms with Crippen LogP contribution in [0.2, 0.25) is 0 Å². The Morgan fingerprint density at radius 3 is 2.28 bits per heavy atom. The number of carbonyl (C=O) groups is 5. The van der Waals surface area contributed by atoms with E-state index < -0.39 is 65.9 Å². The highest BCUT2D eigenvalue weighted by Gasteiger charge is 2.35. The Labute approximate surface area is 276 Å². The second kappa shape index (κ2) is 18.4. The largest absolute Gasteiger partial charge is 0.443 e. The Morgan fingerprint density at radius 2 is 1.70 bits per heavy atom. The van der Waals surface area contributed by atoms with Gasteiger partial charge in [0.25, 0.3) is 0 Å². The van der Waals surface area contributed by atoms with E-state index in [1.54, 1.807) is 39.0 Å². The summed E-state index contributed by atoms with van der Waals surface area (Å²) in [6.07, 6.45) is 1.62. The molecule has 6 N–H and O–H groups in total. The van der Waals surface area contributed by atoms with Gasteiger partial charge in [0.15, 0.2) is 6.10 Å². The van der Waals surface area contributed by atoms with Crippen LogP contribution in [0.4, 0.5) is 9.59 Å². The quantitative estimate of drug-likeness (QED) is 0.219. The summed E-state index contributed by atoms with van der Waals surface area (Å²) < 4.78 is 22.4. The number of rotatable bonds is 8. The molecule has 2 rings (SSSR count). The molecular weight excluding hydrogens is 610 g/mol. The normalized spacial score (nSPS) is 30.1. The van der Waals surface area contributed by atoms with Crippen LogP contribution in [0.5, 0.6) is 0 Å². The van der Waals surface area contributed by atoms with Gasteiger partial charge in [-0.3, -0.25) is 14.4 Å². The molecule has 2 aliphatic rings. The van der Waals surface area contributed by atoms with Gasteiger partial charge in [0, 0.05) is 50.8 Å². The highest BCUT2D eigenvalue weighted by atomic mass is 16.6. The minimum absolute atomic E-state index is 0.106. The molecule has 3 amide bonds. The number of fused-ring (bicyclic) bond motifs is 2. The van der Waals surface area contributed by atoms with Crippen molar-refractivity contribution in [1.82, 2.24) is 15.5 Å². The molecule has 0 saturated heterocycles. The Hall–Kier alpha value is -4.01. The SMILES string of the molecule is CO[C@H]1/C=C\CC(C)C(=O)NC2=CC(=O)C(NCCN(C)C)=C(C[C@@H](C)C[C@H](OC)[C@H](OC(N)=O)[C@@H](C)/C=C(\C)[C@@H]1OC(N)=O)C2=O. The highest BCUT2D eigenvalue weighted by molar-refractivity contribution is 6.23. The molecular formula is C33H51N5O9. The summed E-state index contributed by atoms with van der Waals surface area (Å²) in [6, 6.07) is 0. The van der Waals surface area contributed by atoms with Crippen LogP contribution in [0, 0.1) is 17.8 Å². The van der Waals surface area contributed by atoms with E-state index in [0.29, 0.717) is 25.1 Å². The van der Waals surface area contributed by atoms with Gasteiger partial charge in [-0.05, 0) is 51.8 Å². The molecule has 0 radical (unpaired) electrons. The average molecular weight is 662 g/mol. The number of Topliss-reactive ketones (excluding diaryl/α,β-unsaturated/α-hetero) is 1. The second-order valence-electron chi connectivity index (χ2n) is 12.4. The molecule has 0 aromatic rings. The first-order valence-electron chi connectivity index (χ1n) is 15.6. The number of nitrogens with one attached hydrogen (secondary N) is 2. The van der Waals surface area contributed by atoms with Crippen molar-refractivity contribution in [2.45, 2.75) is 71.4 Å². The number of allylic oxidation sites excluding steroid dienone is 3. The first kappa shape index (κ1) is 39.2. The monoisotopic (exact) mass is 661 g/mol. The van der Waals surface area contributed by atoms with Crippen LogP contribution < -0.4 is 22.1 Å². The topological polar surface area (TPSA) is 202 Å². The lowest BCUT2D eigenvalue weighted by Gasteiger charge is -2.32. The lowest BCUT2D eigenvalue weighted by molar-refractivity contribution is -0.125. The minimum atomic E-state index is -1.02. The van der Waals surface area contributed by atoms with E-state index in [2.05, 4.69) is 10.6 Å². The Balaban J connectivity index is 2.65. The molecule has 47 heavy (non-hydrogen) atoms. The minimum Gasteiger partial charge on any atom is -0.443 e. The molecule has 1 unspecified atom stereocenters. The number of likely N-dealkylation sites (N-methyl/N-ethyl adjacent to an activating group) is 1. The molecule has 14 nitrogen and oxygen atoms in total. The Kier molecular flexibility index (Phi) is 15.3. The van der Waals surface area contributed by atoms with Crippen molar-refractivity contribution in [1.29, 1.82) is 0 Å². The van der Waals surface area contributed by atoms with Crippen LogP contribution in [0.1, 0.15) is 47.0 Å². The van der Waals surface area contributed by atoms with Gasteiger partial charge in [0.2, 0.25) is 17.5 Å². The first-order chi connectivity index (χ1) is 22.1. The van der Waals surface area contributed by atoms with Gasteiger partial charge >= 0.3 is 12.2 Å². The van der Waals surface area contributed by atoms with Gasteiger partial charge in [-0.15, -0.1) is 0 Å². The summed E-state index contributed by atoms with van der Waals surface area (Å²) in [6.45, 7) is 8.12. The zero-order chi connectivity index (χ0) is 35.4. The van der Waals surface area contributed by atoms with Crippen molar-refractivity contribution in [2.75, 3.05) is 41.4 Å². The van der Waals surface area contributed by atoms with Crippen molar-refractivity contribution in [3.63, 3.8) is 0 Å². The Bertz CT molecular complexity index is 1290. The van der Waals surface area contributed by atoms with Crippen LogP contribution in [-0.2, 0) is 33.3 Å². The average Bonchev–Trinajstić information content (AvgIpc) is 2.98. The van der Waals surface area contributed by atoms with Crippen LogP contribution in [0.15, 0.2) is 46.8 Å². The molecule has 0 aromatic carbocycles. The predicted octanol–water partition coefficient (Wildman–Crippen LogP) is 2.10. The van der Waals surface area contributed by atoms with E-state index in [1.807, 2.05) is 25.9 Å². The molecule has 0 saturated carbocycles. The van der Waals surface area contributed by atoms with Gasteiger partial charge in [0.05, 0.1) is 17.5 Å². The standard InChI is InChI=1S/C33H51N5O9/c1-18-14-22-27(36-12-13-38(5)6)24(39)17-23(28(22)40)37-31(41)19(2)10-9-11-25(44-7)29(46-32(34)42)20(3)16-21(4)30(47-33(35)43)26(15-18)45-8/h9,11,16-19,21,25-26,29-30,36H,10,12-15H2,1-8H3,(H2,34,42)(H2,35,43)(H,37,41)/b11-9-,20-16+/t18-,19?,21+,25+,26+,29+,30-/m1/s1. The van der Waals surface area contributed by atoms with Crippen molar-refractivity contribution in [3.8, 4) is 0 Å². The molecule has 1 aliphatic carbocycles. The molecule has 262 valence electrons. The third-order valence-electron chi connectivity index (χ3n) is 8.14. The summed E-state index contributed by atoms with van der Waals surface area (Å²) in [5.74, 6) is -2.70. The number of amides is 3. The fourth-order valence-corrected chi connectivity index (χ4v) is 5.66. The second-order valence-corrected chi connectivity index (χ2v) is 12.4. The third-order valence-corrected chi connectivity index (χ3v) is 8.14. The van der Waals surface area contributed by atoms with E-state index in [1.165, 1.54) is 14.2 Å². The van der Waals surface area contributed by atoms with Gasteiger partial charge in [0.1, 0.15) is 12.2 Å². The maximum absolute atomic E-state index is 13.8. The lowest BCUT2D eigenvalue weighted by Crippen LogP contribution is -2.41. The summed E-state index contributed by atoms with van der Waals surface area (Å²) in [5.41, 5.74) is 11.7. The number of primary amides is 2. The van der Waals surface area contributed by atoms with E-state index in [4.69, 9.17) is 30.4 Å². The van der Waals surface area contributed by atoms with Crippen LogP contribution in [0.3, 0.4) is 0 Å². The van der Waals surface area contributed by atoms with Crippen molar-refractivity contribution >= 4 is 29.7 Å². The molecule has 1 heterocycles. The van der Waals surface area contributed by atoms with Gasteiger partial charge in [-0.25, -0.2) is 9.59 Å². The Morgan fingerprint density at radius 1 is 1.04 bits per heavy atom. The fourth-order valence-electron chi connectivity index (χ4n) is 5.66. The first-order valence-corrected chi connectivity index (χ1v) is 15.6. The number of hydrogen-bond acceptors (Lipinski definition) is 11. The highest BCUT2D eigenvalue weighted by Crippen LogP contribution is 2.30. The van der Waals surface area contributed by atoms with Crippen molar-refractivity contribution in [3.05, 3.63) is 46.8 Å². The molecule has 0 fully saturated rings. The van der Waals surface area contributed by atoms with Gasteiger partial charge < -0.3 is 45.9 Å². The van der Waals surface area contributed by atoms with Crippen LogP contribution in [0.25, 0.3) is 0 Å². The third kappa shape index (κ3) is 11.6. The van der Waals surface area contributed by atoms with Gasteiger partial charge in [-0.2, -0.15) is 0 Å². The zero-order valence-electron chi connectivity index (χ0n) is 28.7. The number of carbonyl (C=O) groups excluding carboxylic acids is 5. The number of methoxy groups -OCH3 is 2. The number of nitrogens with two attached hydrogens (primary N) is 2. The van der Waals surface area contributed by atoms with Crippen molar-refractivity contribution in [2.24, 2.45) is 29.2 Å². The van der Waals surface area contributed by atoms with E-state index >= 15 is 0 Å². The van der Waals surface area contributed by atoms with Crippen molar-refractivity contribution < 1.29 is 42.9 Å². The molecule has 1 aliphatic heterocycles. The van der Waals surface area contributed by atoms with Gasteiger partial charge in [-0.1, -0.05) is 39.0 Å². The number of ether oxygens (including phenoxy) is 4. The summed E-state index contributed by atoms with van der Waals surface area (Å²) in [4.78, 5) is 66.2. The molecule has 0 aromatic heterocycles. The van der Waals surface area contributed by atoms with E-state index in [-0.39, 0.29) is 35.7 Å². The number of hydrogen-bond donors (Lipinski definition) is 4. The number of ketones is 2. The molecule has 14 heteroatoms. The molecule has 2 bridgehead atoms. The van der Waals surface area contributed by atoms with E-state index in [9.17, 15) is 24.0 Å². The summed E-state index contributed by atoms with van der Waals surface area (Å²) in [7, 11) is 6.69. The summed E-state index contributed by atoms with van der Waals surface area (Å²) in [5, 5.41) is 5.77. The fraction of sp³-hybridized carbons (Fsp3) is 0.606. The van der Waals surface area contributed by atoms with Crippen LogP contribution >= 0.6 is 0 Å².